The number of piperidine rings is 1. The normalized spacial score (nSPS) is 44.2. The van der Waals surface area contributed by atoms with E-state index in [0.29, 0.717) is 23.7 Å². The number of fused-ring (bicyclic) bond motifs is 1. The molecule has 0 bridgehead atoms. The number of carbonyl (C=O) groups excluding carboxylic acids is 1. The van der Waals surface area contributed by atoms with Crippen LogP contribution in [0.1, 0.15) is 65.2 Å². The average Bonchev–Trinajstić information content (AvgIpc) is 2.44. The first-order valence-electron chi connectivity index (χ1n) is 8.99. The van der Waals surface area contributed by atoms with E-state index in [9.17, 15) is 9.90 Å². The highest BCUT2D eigenvalue weighted by Crippen LogP contribution is 2.41. The number of amides is 1. The van der Waals surface area contributed by atoms with Gasteiger partial charge in [0.2, 0.25) is 5.91 Å². The van der Waals surface area contributed by atoms with Gasteiger partial charge in [0.25, 0.3) is 0 Å². The van der Waals surface area contributed by atoms with E-state index in [1.54, 1.807) is 0 Å². The van der Waals surface area contributed by atoms with Crippen molar-refractivity contribution in [1.29, 1.82) is 0 Å². The van der Waals surface area contributed by atoms with Crippen LogP contribution in [0.2, 0.25) is 0 Å². The molecule has 3 aliphatic rings. The van der Waals surface area contributed by atoms with E-state index in [4.69, 9.17) is 0 Å². The molecule has 3 fully saturated rings. The molecule has 4 atom stereocenters. The van der Waals surface area contributed by atoms with E-state index >= 15 is 0 Å². The lowest BCUT2D eigenvalue weighted by Crippen LogP contribution is -2.55. The SMILES string of the molecule is CC1CC(C)CC(C(=O)N2CCC3(O)CCCCC3C2)C1. The summed E-state index contributed by atoms with van der Waals surface area (Å²) in [4.78, 5) is 15.0. The first-order chi connectivity index (χ1) is 9.98. The minimum absolute atomic E-state index is 0.235. The highest BCUT2D eigenvalue weighted by atomic mass is 16.3. The van der Waals surface area contributed by atoms with Gasteiger partial charge in [0.1, 0.15) is 0 Å². The van der Waals surface area contributed by atoms with Crippen molar-refractivity contribution in [3.8, 4) is 0 Å². The second kappa shape index (κ2) is 5.91. The fourth-order valence-corrected chi connectivity index (χ4v) is 5.18. The van der Waals surface area contributed by atoms with E-state index < -0.39 is 5.60 Å². The van der Waals surface area contributed by atoms with Crippen LogP contribution in [-0.2, 0) is 4.79 Å². The van der Waals surface area contributed by atoms with Gasteiger partial charge in [0, 0.05) is 24.9 Å². The molecule has 3 nitrogen and oxygen atoms in total. The maximum absolute atomic E-state index is 12.9. The summed E-state index contributed by atoms with van der Waals surface area (Å²) in [5.41, 5.74) is -0.470. The molecule has 2 saturated carbocycles. The monoisotopic (exact) mass is 293 g/mol. The number of carbonyl (C=O) groups is 1. The van der Waals surface area contributed by atoms with Gasteiger partial charge < -0.3 is 10.0 Å². The molecule has 0 spiro atoms. The van der Waals surface area contributed by atoms with E-state index in [0.717, 1.165) is 51.6 Å². The zero-order valence-electron chi connectivity index (χ0n) is 13.7. The quantitative estimate of drug-likeness (QED) is 0.806. The molecule has 0 aromatic heterocycles. The Morgan fingerprint density at radius 2 is 1.81 bits per heavy atom. The van der Waals surface area contributed by atoms with Crippen molar-refractivity contribution in [3.63, 3.8) is 0 Å². The summed E-state index contributed by atoms with van der Waals surface area (Å²) >= 11 is 0. The van der Waals surface area contributed by atoms with E-state index in [-0.39, 0.29) is 5.92 Å². The van der Waals surface area contributed by atoms with Crippen LogP contribution in [0.4, 0.5) is 0 Å². The van der Waals surface area contributed by atoms with Crippen LogP contribution in [0, 0.1) is 23.7 Å². The van der Waals surface area contributed by atoms with Crippen LogP contribution in [0.5, 0.6) is 0 Å². The minimum atomic E-state index is -0.470. The molecule has 0 radical (unpaired) electrons. The molecule has 120 valence electrons. The molecule has 1 saturated heterocycles. The molecule has 0 aromatic carbocycles. The Labute approximate surface area is 129 Å². The van der Waals surface area contributed by atoms with Crippen LogP contribution in [0.15, 0.2) is 0 Å². The molecule has 3 heteroatoms. The fraction of sp³-hybridized carbons (Fsp3) is 0.944. The summed E-state index contributed by atoms with van der Waals surface area (Å²) in [5, 5.41) is 10.7. The van der Waals surface area contributed by atoms with Gasteiger partial charge in [0.05, 0.1) is 5.60 Å². The first-order valence-corrected chi connectivity index (χ1v) is 8.99. The van der Waals surface area contributed by atoms with Gasteiger partial charge in [-0.15, -0.1) is 0 Å². The third-order valence-electron chi connectivity index (χ3n) is 6.27. The highest BCUT2D eigenvalue weighted by Gasteiger charge is 2.44. The Morgan fingerprint density at radius 3 is 2.52 bits per heavy atom. The molecule has 1 amide bonds. The molecular formula is C18H31NO2. The molecule has 2 aliphatic carbocycles. The molecular weight excluding hydrogens is 262 g/mol. The molecule has 21 heavy (non-hydrogen) atoms. The Hall–Kier alpha value is -0.570. The Kier molecular flexibility index (Phi) is 4.31. The van der Waals surface area contributed by atoms with Gasteiger partial charge in [-0.3, -0.25) is 4.79 Å². The number of hydrogen-bond donors (Lipinski definition) is 1. The number of aliphatic hydroxyl groups is 1. The van der Waals surface area contributed by atoms with Crippen molar-refractivity contribution < 1.29 is 9.90 Å². The second-order valence-corrected chi connectivity index (χ2v) is 8.19. The number of likely N-dealkylation sites (tertiary alicyclic amines) is 1. The van der Waals surface area contributed by atoms with E-state index in [1.807, 2.05) is 0 Å². The third kappa shape index (κ3) is 3.13. The molecule has 3 rings (SSSR count). The molecule has 0 aromatic rings. The van der Waals surface area contributed by atoms with Crippen LogP contribution in [-0.4, -0.2) is 34.6 Å². The zero-order chi connectivity index (χ0) is 15.0. The average molecular weight is 293 g/mol. The molecule has 4 unspecified atom stereocenters. The van der Waals surface area contributed by atoms with Gasteiger partial charge in [-0.25, -0.2) is 0 Å². The highest BCUT2D eigenvalue weighted by molar-refractivity contribution is 5.79. The fourth-order valence-electron chi connectivity index (χ4n) is 5.18. The van der Waals surface area contributed by atoms with Gasteiger partial charge >= 0.3 is 0 Å². The summed E-state index contributed by atoms with van der Waals surface area (Å²) in [7, 11) is 0. The number of hydrogen-bond acceptors (Lipinski definition) is 2. The number of nitrogens with zero attached hydrogens (tertiary/aromatic N) is 1. The standard InChI is InChI=1S/C18H31NO2/c1-13-9-14(2)11-15(10-13)17(20)19-8-7-18(21)6-4-3-5-16(18)12-19/h13-16,21H,3-12H2,1-2H3. The second-order valence-electron chi connectivity index (χ2n) is 8.19. The van der Waals surface area contributed by atoms with Gasteiger partial charge in [-0.05, 0) is 50.4 Å². The van der Waals surface area contributed by atoms with Crippen molar-refractivity contribution in [2.75, 3.05) is 13.1 Å². The van der Waals surface area contributed by atoms with Gasteiger partial charge in [-0.2, -0.15) is 0 Å². The van der Waals surface area contributed by atoms with Crippen molar-refractivity contribution in [2.45, 2.75) is 70.8 Å². The maximum Gasteiger partial charge on any atom is 0.225 e. The first kappa shape index (κ1) is 15.3. The summed E-state index contributed by atoms with van der Waals surface area (Å²) in [6.45, 7) is 6.14. The van der Waals surface area contributed by atoms with Gasteiger partial charge in [-0.1, -0.05) is 26.7 Å². The van der Waals surface area contributed by atoms with Crippen LogP contribution < -0.4 is 0 Å². The van der Waals surface area contributed by atoms with E-state index in [1.165, 1.54) is 12.8 Å². The summed E-state index contributed by atoms with van der Waals surface area (Å²) in [5.74, 6) is 2.29. The Bertz CT molecular complexity index is 387. The summed E-state index contributed by atoms with van der Waals surface area (Å²) < 4.78 is 0. The lowest BCUT2D eigenvalue weighted by atomic mass is 9.70. The lowest BCUT2D eigenvalue weighted by Gasteiger charge is -2.48. The molecule has 1 heterocycles. The Morgan fingerprint density at radius 1 is 1.10 bits per heavy atom. The van der Waals surface area contributed by atoms with Crippen molar-refractivity contribution >= 4 is 5.91 Å². The predicted molar refractivity (Wildman–Crippen MR) is 83.8 cm³/mol. The minimum Gasteiger partial charge on any atom is -0.389 e. The maximum atomic E-state index is 12.9. The smallest absolute Gasteiger partial charge is 0.225 e. The van der Waals surface area contributed by atoms with Gasteiger partial charge in [0.15, 0.2) is 0 Å². The van der Waals surface area contributed by atoms with Crippen molar-refractivity contribution in [1.82, 2.24) is 4.90 Å². The third-order valence-corrected chi connectivity index (χ3v) is 6.27. The largest absolute Gasteiger partial charge is 0.389 e. The Balaban J connectivity index is 1.63. The van der Waals surface area contributed by atoms with Crippen LogP contribution in [0.3, 0.4) is 0 Å². The van der Waals surface area contributed by atoms with Crippen molar-refractivity contribution in [3.05, 3.63) is 0 Å². The number of rotatable bonds is 1. The van der Waals surface area contributed by atoms with Crippen molar-refractivity contribution in [2.24, 2.45) is 23.7 Å². The van der Waals surface area contributed by atoms with Crippen LogP contribution in [0.25, 0.3) is 0 Å². The summed E-state index contributed by atoms with van der Waals surface area (Å²) in [6, 6.07) is 0. The molecule has 1 N–H and O–H groups in total. The lowest BCUT2D eigenvalue weighted by molar-refractivity contribution is -0.149. The summed E-state index contributed by atoms with van der Waals surface area (Å²) in [6.07, 6.45) is 8.59. The van der Waals surface area contributed by atoms with E-state index in [2.05, 4.69) is 18.7 Å². The van der Waals surface area contributed by atoms with Crippen LogP contribution >= 0.6 is 0 Å². The molecule has 1 aliphatic heterocycles. The predicted octanol–water partition coefficient (Wildman–Crippen LogP) is 3.21. The topological polar surface area (TPSA) is 40.5 Å². The zero-order valence-corrected chi connectivity index (χ0v) is 13.7.